The summed E-state index contributed by atoms with van der Waals surface area (Å²) in [7, 11) is 0. The van der Waals surface area contributed by atoms with Crippen molar-refractivity contribution >= 4 is 43.7 Å². The maximum absolute atomic E-state index is 11.7. The van der Waals surface area contributed by atoms with E-state index >= 15 is 0 Å². The highest BCUT2D eigenvalue weighted by Crippen LogP contribution is 2.53. The van der Waals surface area contributed by atoms with Gasteiger partial charge in [0.2, 0.25) is 0 Å². The Morgan fingerprint density at radius 1 is 0.783 bits per heavy atom. The predicted octanol–water partition coefficient (Wildman–Crippen LogP) is 5.88. The van der Waals surface area contributed by atoms with Crippen molar-refractivity contribution < 1.29 is 5.11 Å². The van der Waals surface area contributed by atoms with Gasteiger partial charge in [0.1, 0.15) is 0 Å². The summed E-state index contributed by atoms with van der Waals surface area (Å²) in [5.74, 6) is 0. The normalized spacial score (nSPS) is 14.9. The Morgan fingerprint density at radius 2 is 1.35 bits per heavy atom. The summed E-state index contributed by atoms with van der Waals surface area (Å²) in [6.07, 6.45) is 0. The first-order valence-corrected chi connectivity index (χ1v) is 9.30. The fraction of sp³-hybridized carbons (Fsp3) is 0.0526. The van der Waals surface area contributed by atoms with E-state index in [0.717, 1.165) is 40.9 Å². The molecule has 4 heteroatoms. The molecule has 0 atom stereocenters. The average Bonchev–Trinajstić information content (AvgIpc) is 3.18. The van der Waals surface area contributed by atoms with Gasteiger partial charge >= 0.3 is 0 Å². The van der Waals surface area contributed by atoms with Crippen LogP contribution < -0.4 is 0 Å². The van der Waals surface area contributed by atoms with Crippen molar-refractivity contribution in [2.24, 2.45) is 0 Å². The van der Waals surface area contributed by atoms with Crippen LogP contribution in [0.2, 0.25) is 4.34 Å². The zero-order valence-electron chi connectivity index (χ0n) is 11.9. The molecule has 2 aromatic heterocycles. The van der Waals surface area contributed by atoms with Crippen LogP contribution in [0, 0.1) is 0 Å². The molecule has 0 saturated carbocycles. The summed E-state index contributed by atoms with van der Waals surface area (Å²) in [4.78, 5) is 0.952. The Bertz CT molecular complexity index is 983. The zero-order valence-corrected chi connectivity index (χ0v) is 14.3. The van der Waals surface area contributed by atoms with Crippen LogP contribution >= 0.6 is 34.3 Å². The molecule has 0 radical (unpaired) electrons. The molecule has 0 aliphatic heterocycles. The van der Waals surface area contributed by atoms with Crippen LogP contribution in [0.5, 0.6) is 0 Å². The van der Waals surface area contributed by atoms with Crippen molar-refractivity contribution in [3.05, 3.63) is 81.0 Å². The molecule has 0 saturated heterocycles. The SMILES string of the molecule is OC1(c2cc3sc(Cl)cc3s2)c2ccccc2-c2ccccc21. The standard InChI is InChI=1S/C19H11ClOS2/c20-18-10-16-15(23-18)9-17(22-16)19(21)13-7-3-1-5-11(13)12-6-2-4-8-14(12)19/h1-10,21H. The molecule has 4 aromatic rings. The van der Waals surface area contributed by atoms with E-state index < -0.39 is 5.60 Å². The van der Waals surface area contributed by atoms with Gasteiger partial charge in [0.25, 0.3) is 0 Å². The molecule has 0 unspecified atom stereocenters. The van der Waals surface area contributed by atoms with Gasteiger partial charge < -0.3 is 5.11 Å². The third-order valence-electron chi connectivity index (χ3n) is 4.46. The molecular weight excluding hydrogens is 344 g/mol. The zero-order chi connectivity index (χ0) is 15.6. The summed E-state index contributed by atoms with van der Waals surface area (Å²) in [6.45, 7) is 0. The lowest BCUT2D eigenvalue weighted by molar-refractivity contribution is 0.135. The van der Waals surface area contributed by atoms with E-state index in [1.807, 2.05) is 42.5 Å². The molecule has 0 amide bonds. The van der Waals surface area contributed by atoms with Crippen LogP contribution in [0.4, 0.5) is 0 Å². The van der Waals surface area contributed by atoms with E-state index in [1.54, 1.807) is 22.7 Å². The number of rotatable bonds is 1. The highest BCUT2D eigenvalue weighted by atomic mass is 35.5. The highest BCUT2D eigenvalue weighted by Gasteiger charge is 2.44. The van der Waals surface area contributed by atoms with E-state index in [2.05, 4.69) is 18.2 Å². The number of benzene rings is 2. The highest BCUT2D eigenvalue weighted by molar-refractivity contribution is 7.29. The van der Waals surface area contributed by atoms with Crippen molar-refractivity contribution in [1.29, 1.82) is 0 Å². The van der Waals surface area contributed by atoms with Crippen molar-refractivity contribution in [3.8, 4) is 11.1 Å². The number of hydrogen-bond donors (Lipinski definition) is 1. The minimum Gasteiger partial charge on any atom is -0.375 e. The molecular formula is C19H11ClOS2. The first-order chi connectivity index (χ1) is 11.2. The molecule has 0 bridgehead atoms. The summed E-state index contributed by atoms with van der Waals surface area (Å²) in [6, 6.07) is 20.3. The van der Waals surface area contributed by atoms with Gasteiger partial charge in [-0.1, -0.05) is 60.1 Å². The van der Waals surface area contributed by atoms with Crippen LogP contribution in [0.25, 0.3) is 20.5 Å². The van der Waals surface area contributed by atoms with Crippen molar-refractivity contribution in [3.63, 3.8) is 0 Å². The number of aliphatic hydroxyl groups is 1. The third-order valence-corrected chi connectivity index (χ3v) is 6.99. The number of thiophene rings is 2. The van der Waals surface area contributed by atoms with Crippen LogP contribution in [0.1, 0.15) is 16.0 Å². The van der Waals surface area contributed by atoms with Gasteiger partial charge in [-0.25, -0.2) is 0 Å². The Labute approximate surface area is 146 Å². The van der Waals surface area contributed by atoms with E-state index in [-0.39, 0.29) is 0 Å². The van der Waals surface area contributed by atoms with Gasteiger partial charge in [0.15, 0.2) is 5.60 Å². The van der Waals surface area contributed by atoms with Gasteiger partial charge in [-0.3, -0.25) is 0 Å². The Kier molecular flexibility index (Phi) is 2.80. The summed E-state index contributed by atoms with van der Waals surface area (Å²) < 4.78 is 3.05. The van der Waals surface area contributed by atoms with Gasteiger partial charge in [-0.2, -0.15) is 0 Å². The molecule has 0 spiro atoms. The second-order valence-electron chi connectivity index (χ2n) is 5.69. The first kappa shape index (κ1) is 13.8. The lowest BCUT2D eigenvalue weighted by Crippen LogP contribution is -2.24. The molecule has 1 aliphatic rings. The number of halogens is 1. The van der Waals surface area contributed by atoms with E-state index in [9.17, 15) is 5.11 Å². The summed E-state index contributed by atoms with van der Waals surface area (Å²) in [5, 5.41) is 11.7. The van der Waals surface area contributed by atoms with Crippen LogP contribution in [-0.2, 0) is 5.60 Å². The first-order valence-electron chi connectivity index (χ1n) is 7.29. The van der Waals surface area contributed by atoms with Crippen LogP contribution in [0.15, 0.2) is 60.7 Å². The van der Waals surface area contributed by atoms with Crippen LogP contribution in [0.3, 0.4) is 0 Å². The van der Waals surface area contributed by atoms with Crippen molar-refractivity contribution in [2.75, 3.05) is 0 Å². The number of hydrogen-bond acceptors (Lipinski definition) is 3. The van der Waals surface area contributed by atoms with Gasteiger partial charge in [0, 0.05) is 25.4 Å². The fourth-order valence-electron chi connectivity index (χ4n) is 3.46. The lowest BCUT2D eigenvalue weighted by Gasteiger charge is -2.24. The van der Waals surface area contributed by atoms with Crippen molar-refractivity contribution in [1.82, 2.24) is 0 Å². The van der Waals surface area contributed by atoms with Gasteiger partial charge in [0.05, 0.1) is 4.34 Å². The summed E-state index contributed by atoms with van der Waals surface area (Å²) >= 11 is 9.27. The predicted molar refractivity (Wildman–Crippen MR) is 98.7 cm³/mol. The Balaban J connectivity index is 1.84. The fourth-order valence-corrected chi connectivity index (χ4v) is 6.13. The Morgan fingerprint density at radius 3 is 1.96 bits per heavy atom. The number of fused-ring (bicyclic) bond motifs is 4. The van der Waals surface area contributed by atoms with E-state index in [0.29, 0.717) is 0 Å². The van der Waals surface area contributed by atoms with Crippen LogP contribution in [-0.4, -0.2) is 5.11 Å². The van der Waals surface area contributed by atoms with Gasteiger partial charge in [-0.05, 0) is 23.3 Å². The van der Waals surface area contributed by atoms with Gasteiger partial charge in [-0.15, -0.1) is 22.7 Å². The quantitative estimate of drug-likeness (QED) is 0.452. The summed E-state index contributed by atoms with van der Waals surface area (Å²) in [5.41, 5.74) is 3.06. The van der Waals surface area contributed by atoms with Crippen molar-refractivity contribution in [2.45, 2.75) is 5.60 Å². The average molecular weight is 355 g/mol. The van der Waals surface area contributed by atoms with E-state index in [4.69, 9.17) is 11.6 Å². The molecule has 2 heterocycles. The minimum atomic E-state index is -1.08. The molecule has 5 rings (SSSR count). The third kappa shape index (κ3) is 1.76. The molecule has 0 fully saturated rings. The second-order valence-corrected chi connectivity index (χ2v) is 8.49. The molecule has 23 heavy (non-hydrogen) atoms. The topological polar surface area (TPSA) is 20.2 Å². The second kappa shape index (κ2) is 4.68. The largest absolute Gasteiger partial charge is 0.375 e. The maximum atomic E-state index is 11.7. The Hall–Kier alpha value is -1.65. The maximum Gasteiger partial charge on any atom is 0.150 e. The lowest BCUT2D eigenvalue weighted by atomic mass is 9.90. The molecule has 1 nitrogen and oxygen atoms in total. The monoisotopic (exact) mass is 354 g/mol. The molecule has 2 aromatic carbocycles. The molecule has 1 N–H and O–H groups in total. The molecule has 112 valence electrons. The smallest absolute Gasteiger partial charge is 0.150 e. The molecule has 1 aliphatic carbocycles. The van der Waals surface area contributed by atoms with E-state index in [1.165, 1.54) is 0 Å². The minimum absolute atomic E-state index is 0.789.